The summed E-state index contributed by atoms with van der Waals surface area (Å²) in [6.45, 7) is 0. The summed E-state index contributed by atoms with van der Waals surface area (Å²) in [6, 6.07) is 6.12. The predicted molar refractivity (Wildman–Crippen MR) is 71.6 cm³/mol. The summed E-state index contributed by atoms with van der Waals surface area (Å²) in [7, 11) is 0. The van der Waals surface area contributed by atoms with Gasteiger partial charge in [0.15, 0.2) is 0 Å². The lowest BCUT2D eigenvalue weighted by Gasteiger charge is -1.97. The number of para-hydroxylation sites is 1. The Morgan fingerprint density at radius 2 is 2.05 bits per heavy atom. The normalized spacial score (nSPS) is 10.5. The first kappa shape index (κ1) is 14.6. The van der Waals surface area contributed by atoms with E-state index >= 15 is 0 Å². The zero-order valence-electron chi connectivity index (χ0n) is 11.1. The Kier molecular flexibility index (Phi) is 4.60. The molecule has 8 nitrogen and oxygen atoms in total. The van der Waals surface area contributed by atoms with E-state index in [1.165, 1.54) is 6.07 Å². The number of hydrogen-bond acceptors (Lipinski definition) is 6. The number of hydrogen-bond donors (Lipinski definition) is 1. The molecule has 0 radical (unpaired) electrons. The van der Waals surface area contributed by atoms with E-state index in [2.05, 4.69) is 10.2 Å². The number of aromatic nitrogens is 2. The fraction of sp³-hybridized carbons (Fsp3) is 0.308. The van der Waals surface area contributed by atoms with Crippen LogP contribution >= 0.6 is 0 Å². The van der Waals surface area contributed by atoms with Crippen molar-refractivity contribution in [2.45, 2.75) is 25.7 Å². The van der Waals surface area contributed by atoms with Gasteiger partial charge >= 0.3 is 5.97 Å². The van der Waals surface area contributed by atoms with E-state index < -0.39 is 10.9 Å². The third kappa shape index (κ3) is 3.85. The molecular formula is C13H13N3O5. The highest BCUT2D eigenvalue weighted by Crippen LogP contribution is 2.28. The largest absolute Gasteiger partial charge is 0.481 e. The number of benzene rings is 1. The second-order valence-electron chi connectivity index (χ2n) is 4.38. The topological polar surface area (TPSA) is 119 Å². The van der Waals surface area contributed by atoms with E-state index in [1.54, 1.807) is 18.2 Å². The second kappa shape index (κ2) is 6.60. The number of unbranched alkanes of at least 4 members (excludes halogenated alkanes) is 1. The Morgan fingerprint density at radius 1 is 1.29 bits per heavy atom. The van der Waals surface area contributed by atoms with Gasteiger partial charge in [-0.25, -0.2) is 0 Å². The molecule has 2 rings (SSSR count). The van der Waals surface area contributed by atoms with Crippen LogP contribution in [0.25, 0.3) is 11.5 Å². The predicted octanol–water partition coefficient (Wildman–Crippen LogP) is 2.44. The molecule has 0 aliphatic heterocycles. The van der Waals surface area contributed by atoms with E-state index in [0.717, 1.165) is 0 Å². The lowest BCUT2D eigenvalue weighted by molar-refractivity contribution is -0.384. The zero-order chi connectivity index (χ0) is 15.2. The van der Waals surface area contributed by atoms with Crippen molar-refractivity contribution in [3.05, 3.63) is 40.3 Å². The van der Waals surface area contributed by atoms with Gasteiger partial charge in [0, 0.05) is 18.9 Å². The van der Waals surface area contributed by atoms with Crippen LogP contribution in [0.3, 0.4) is 0 Å². The Morgan fingerprint density at radius 3 is 2.76 bits per heavy atom. The maximum Gasteiger partial charge on any atom is 0.303 e. The first-order valence-corrected chi connectivity index (χ1v) is 6.36. The Balaban J connectivity index is 2.06. The highest BCUT2D eigenvalue weighted by Gasteiger charge is 2.19. The summed E-state index contributed by atoms with van der Waals surface area (Å²) in [4.78, 5) is 20.8. The molecule has 0 saturated heterocycles. The zero-order valence-corrected chi connectivity index (χ0v) is 11.1. The summed E-state index contributed by atoms with van der Waals surface area (Å²) >= 11 is 0. The molecule has 0 aliphatic carbocycles. The average Bonchev–Trinajstić information content (AvgIpc) is 2.92. The maximum atomic E-state index is 10.9. The molecule has 0 atom stereocenters. The Hall–Kier alpha value is -2.77. The lowest BCUT2D eigenvalue weighted by Crippen LogP contribution is -1.95. The molecular weight excluding hydrogens is 278 g/mol. The average molecular weight is 291 g/mol. The highest BCUT2D eigenvalue weighted by atomic mass is 16.6. The van der Waals surface area contributed by atoms with Gasteiger partial charge in [-0.1, -0.05) is 12.1 Å². The molecule has 21 heavy (non-hydrogen) atoms. The van der Waals surface area contributed by atoms with Gasteiger partial charge in [-0.3, -0.25) is 14.9 Å². The number of nitro benzene ring substituents is 1. The van der Waals surface area contributed by atoms with Crippen molar-refractivity contribution in [3.8, 4) is 11.5 Å². The van der Waals surface area contributed by atoms with Crippen molar-refractivity contribution >= 4 is 11.7 Å². The molecule has 110 valence electrons. The minimum atomic E-state index is -0.846. The minimum absolute atomic E-state index is 0.0884. The van der Waals surface area contributed by atoms with Crippen LogP contribution in [0.1, 0.15) is 25.2 Å². The van der Waals surface area contributed by atoms with E-state index in [0.29, 0.717) is 25.2 Å². The molecule has 0 saturated carbocycles. The molecule has 1 aromatic carbocycles. The van der Waals surface area contributed by atoms with Crippen LogP contribution in [-0.2, 0) is 11.2 Å². The molecule has 1 heterocycles. The molecule has 0 fully saturated rings. The second-order valence-corrected chi connectivity index (χ2v) is 4.38. The van der Waals surface area contributed by atoms with Gasteiger partial charge in [0.2, 0.25) is 5.89 Å². The number of carboxylic acids is 1. The Labute approximate surface area is 119 Å². The van der Waals surface area contributed by atoms with Crippen molar-refractivity contribution in [2.75, 3.05) is 0 Å². The smallest absolute Gasteiger partial charge is 0.303 e. The van der Waals surface area contributed by atoms with E-state index in [-0.39, 0.29) is 23.6 Å². The number of nitro groups is 1. The van der Waals surface area contributed by atoms with Crippen molar-refractivity contribution in [1.29, 1.82) is 0 Å². The standard InChI is InChI=1S/C13H13N3O5/c17-12(18)8-4-3-7-11-14-15-13(21-11)9-5-1-2-6-10(9)16(19)20/h1-2,5-6H,3-4,7-8H2,(H,17,18). The van der Waals surface area contributed by atoms with Crippen LogP contribution in [0.15, 0.2) is 28.7 Å². The van der Waals surface area contributed by atoms with Gasteiger partial charge in [-0.15, -0.1) is 10.2 Å². The molecule has 8 heteroatoms. The summed E-state index contributed by atoms with van der Waals surface area (Å²) in [5.41, 5.74) is 0.172. The summed E-state index contributed by atoms with van der Waals surface area (Å²) in [6.07, 6.45) is 1.65. The monoisotopic (exact) mass is 291 g/mol. The van der Waals surface area contributed by atoms with Crippen molar-refractivity contribution in [1.82, 2.24) is 10.2 Å². The first-order chi connectivity index (χ1) is 10.1. The van der Waals surface area contributed by atoms with E-state index in [4.69, 9.17) is 9.52 Å². The number of carboxylic acid groups (broad SMARTS) is 1. The highest BCUT2D eigenvalue weighted by molar-refractivity contribution is 5.66. The van der Waals surface area contributed by atoms with Gasteiger partial charge in [0.1, 0.15) is 5.56 Å². The van der Waals surface area contributed by atoms with Crippen molar-refractivity contribution in [3.63, 3.8) is 0 Å². The minimum Gasteiger partial charge on any atom is -0.481 e. The number of carbonyl (C=O) groups is 1. The van der Waals surface area contributed by atoms with Crippen LogP contribution < -0.4 is 0 Å². The maximum absolute atomic E-state index is 10.9. The third-order valence-electron chi connectivity index (χ3n) is 2.83. The van der Waals surface area contributed by atoms with Crippen LogP contribution in [0.4, 0.5) is 5.69 Å². The van der Waals surface area contributed by atoms with Crippen LogP contribution in [0.5, 0.6) is 0 Å². The fourth-order valence-electron chi connectivity index (χ4n) is 1.83. The molecule has 0 aliphatic rings. The molecule has 1 aromatic heterocycles. The number of aryl methyl sites for hydroxylation is 1. The Bertz CT molecular complexity index is 653. The molecule has 0 unspecified atom stereocenters. The van der Waals surface area contributed by atoms with Gasteiger partial charge in [-0.05, 0) is 18.9 Å². The van der Waals surface area contributed by atoms with Crippen LogP contribution in [0.2, 0.25) is 0 Å². The molecule has 2 aromatic rings. The molecule has 0 amide bonds. The number of nitrogens with zero attached hydrogens (tertiary/aromatic N) is 3. The fourth-order valence-corrected chi connectivity index (χ4v) is 1.83. The first-order valence-electron chi connectivity index (χ1n) is 6.36. The van der Waals surface area contributed by atoms with E-state index in [9.17, 15) is 14.9 Å². The van der Waals surface area contributed by atoms with Gasteiger partial charge in [-0.2, -0.15) is 0 Å². The molecule has 0 bridgehead atoms. The van der Waals surface area contributed by atoms with Crippen molar-refractivity contribution < 1.29 is 19.2 Å². The van der Waals surface area contributed by atoms with Gasteiger partial charge in [0.25, 0.3) is 11.6 Å². The molecule has 1 N–H and O–H groups in total. The molecule has 0 spiro atoms. The van der Waals surface area contributed by atoms with Gasteiger partial charge < -0.3 is 9.52 Å². The van der Waals surface area contributed by atoms with E-state index in [1.807, 2.05) is 0 Å². The van der Waals surface area contributed by atoms with Crippen molar-refractivity contribution in [2.24, 2.45) is 0 Å². The third-order valence-corrected chi connectivity index (χ3v) is 2.83. The summed E-state index contributed by atoms with van der Waals surface area (Å²) in [5, 5.41) is 27.1. The number of rotatable bonds is 7. The number of aliphatic carboxylic acids is 1. The van der Waals surface area contributed by atoms with Crippen LogP contribution in [-0.4, -0.2) is 26.2 Å². The SMILES string of the molecule is O=C(O)CCCCc1nnc(-c2ccccc2[N+](=O)[O-])o1. The lowest BCUT2D eigenvalue weighted by atomic mass is 10.2. The summed E-state index contributed by atoms with van der Waals surface area (Å²) in [5.74, 6) is -0.412. The summed E-state index contributed by atoms with van der Waals surface area (Å²) < 4.78 is 5.39. The quantitative estimate of drug-likeness (QED) is 0.472. The van der Waals surface area contributed by atoms with Crippen LogP contribution in [0, 0.1) is 10.1 Å². The van der Waals surface area contributed by atoms with Gasteiger partial charge in [0.05, 0.1) is 4.92 Å².